The van der Waals surface area contributed by atoms with Crippen LogP contribution < -0.4 is 0 Å². The minimum atomic E-state index is 1.11. The van der Waals surface area contributed by atoms with E-state index in [0.717, 1.165) is 23.7 Å². The Bertz CT molecular complexity index is 421. The van der Waals surface area contributed by atoms with Gasteiger partial charge in [-0.15, -0.1) is 0 Å². The van der Waals surface area contributed by atoms with Crippen LogP contribution in [0.15, 0.2) is 11.1 Å². The number of hydrogen-bond donors (Lipinski definition) is 0. The second-order valence-corrected chi connectivity index (χ2v) is 9.24. The molecule has 0 amide bonds. The summed E-state index contributed by atoms with van der Waals surface area (Å²) in [5.41, 5.74) is 3.78. The van der Waals surface area contributed by atoms with Gasteiger partial charge in [0.05, 0.1) is 0 Å². The maximum atomic E-state index is 1.91. The van der Waals surface area contributed by atoms with Crippen molar-refractivity contribution in [1.29, 1.82) is 0 Å². The average molecular weight is 284 g/mol. The maximum absolute atomic E-state index is 1.91. The Labute approximate surface area is 130 Å². The topological polar surface area (TPSA) is 0 Å². The molecule has 0 aromatic carbocycles. The first-order chi connectivity index (χ1) is 10.4. The van der Waals surface area contributed by atoms with Gasteiger partial charge in [0.25, 0.3) is 0 Å². The van der Waals surface area contributed by atoms with E-state index < -0.39 is 0 Å². The molecular formula is C21H32. The molecule has 5 rings (SSSR count). The third-order valence-corrected chi connectivity index (χ3v) is 8.35. The lowest BCUT2D eigenvalue weighted by atomic mass is 9.59. The van der Waals surface area contributed by atoms with Crippen LogP contribution in [0.2, 0.25) is 0 Å². The second kappa shape index (κ2) is 5.14. The summed E-state index contributed by atoms with van der Waals surface area (Å²) in [6.07, 6.45) is 20.2. The Morgan fingerprint density at radius 1 is 0.476 bits per heavy atom. The maximum Gasteiger partial charge on any atom is -0.0283 e. The molecule has 0 N–H and O–H groups in total. The molecule has 0 nitrogen and oxygen atoms in total. The largest absolute Gasteiger partial charge is 0.0710 e. The smallest absolute Gasteiger partial charge is 0.0283 e. The summed E-state index contributed by atoms with van der Waals surface area (Å²) in [4.78, 5) is 0. The molecule has 0 aromatic rings. The highest BCUT2D eigenvalue weighted by atomic mass is 14.5. The van der Waals surface area contributed by atoms with Crippen LogP contribution in [0.3, 0.4) is 0 Å². The molecular weight excluding hydrogens is 252 g/mol. The Kier molecular flexibility index (Phi) is 3.23. The molecule has 0 heterocycles. The highest BCUT2D eigenvalue weighted by Gasteiger charge is 2.45. The van der Waals surface area contributed by atoms with Crippen LogP contribution in [0, 0.1) is 35.5 Å². The lowest BCUT2D eigenvalue weighted by Crippen LogP contribution is -2.36. The molecule has 0 bridgehead atoms. The lowest BCUT2D eigenvalue weighted by molar-refractivity contribution is 0.0398. The van der Waals surface area contributed by atoms with Crippen LogP contribution in [-0.2, 0) is 0 Å². The Hall–Kier alpha value is -0.260. The zero-order chi connectivity index (χ0) is 13.8. The first kappa shape index (κ1) is 13.2. The molecule has 2 unspecified atom stereocenters. The van der Waals surface area contributed by atoms with E-state index in [1.807, 2.05) is 11.1 Å². The van der Waals surface area contributed by atoms with Gasteiger partial charge in [0.1, 0.15) is 0 Å². The van der Waals surface area contributed by atoms with Gasteiger partial charge >= 0.3 is 0 Å². The van der Waals surface area contributed by atoms with Gasteiger partial charge in [0, 0.05) is 0 Å². The van der Waals surface area contributed by atoms with Crippen molar-refractivity contribution in [3.05, 3.63) is 11.1 Å². The first-order valence-electron chi connectivity index (χ1n) is 10.1. The minimum absolute atomic E-state index is 1.11. The average Bonchev–Trinajstić information content (AvgIpc) is 2.70. The molecule has 0 aliphatic heterocycles. The van der Waals surface area contributed by atoms with Crippen molar-refractivity contribution in [2.75, 3.05) is 0 Å². The van der Waals surface area contributed by atoms with E-state index in [-0.39, 0.29) is 0 Å². The third-order valence-electron chi connectivity index (χ3n) is 8.35. The molecule has 5 aliphatic rings. The van der Waals surface area contributed by atoms with Gasteiger partial charge in [-0.05, 0) is 99.7 Å². The fourth-order valence-corrected chi connectivity index (χ4v) is 6.20. The lowest BCUT2D eigenvalue weighted by Gasteiger charge is -2.47. The molecule has 2 atom stereocenters. The van der Waals surface area contributed by atoms with Crippen LogP contribution in [0.1, 0.15) is 83.5 Å². The first-order valence-corrected chi connectivity index (χ1v) is 10.1. The summed E-state index contributed by atoms with van der Waals surface area (Å²) in [6, 6.07) is 0. The number of allylic oxidation sites excluding steroid dienone is 2. The van der Waals surface area contributed by atoms with Crippen LogP contribution >= 0.6 is 0 Å². The van der Waals surface area contributed by atoms with Crippen LogP contribution in [0.4, 0.5) is 0 Å². The molecule has 0 saturated heterocycles. The molecule has 5 saturated carbocycles. The van der Waals surface area contributed by atoms with Gasteiger partial charge in [-0.25, -0.2) is 0 Å². The normalized spacial score (nSPS) is 46.6. The van der Waals surface area contributed by atoms with Crippen molar-refractivity contribution in [2.24, 2.45) is 35.5 Å². The molecule has 0 heteroatoms. The standard InChI is InChI=1S/C21H32/c1-3-14(4-1)18-10-20(11-18)16-7-8-17(9-16)21-12-19(13-21)15-5-2-6-15/h14,16-18,20-21H,1-13H2. The zero-order valence-corrected chi connectivity index (χ0v) is 13.7. The van der Waals surface area contributed by atoms with Crippen molar-refractivity contribution in [2.45, 2.75) is 83.5 Å². The highest BCUT2D eigenvalue weighted by molar-refractivity contribution is 5.26. The predicted octanol–water partition coefficient (Wildman–Crippen LogP) is 6.12. The summed E-state index contributed by atoms with van der Waals surface area (Å²) in [6.45, 7) is 0. The summed E-state index contributed by atoms with van der Waals surface area (Å²) < 4.78 is 0. The molecule has 21 heavy (non-hydrogen) atoms. The van der Waals surface area contributed by atoms with E-state index >= 15 is 0 Å². The Morgan fingerprint density at radius 2 is 1.10 bits per heavy atom. The van der Waals surface area contributed by atoms with Crippen molar-refractivity contribution in [1.82, 2.24) is 0 Å². The van der Waals surface area contributed by atoms with E-state index in [4.69, 9.17) is 0 Å². The Balaban J connectivity index is 1.09. The molecule has 116 valence electrons. The molecule has 5 aliphatic carbocycles. The highest BCUT2D eigenvalue weighted by Crippen LogP contribution is 2.56. The van der Waals surface area contributed by atoms with Gasteiger partial charge in [-0.3, -0.25) is 0 Å². The van der Waals surface area contributed by atoms with E-state index in [0.29, 0.717) is 0 Å². The Morgan fingerprint density at radius 3 is 1.67 bits per heavy atom. The van der Waals surface area contributed by atoms with Crippen LogP contribution in [-0.4, -0.2) is 0 Å². The van der Waals surface area contributed by atoms with Crippen molar-refractivity contribution < 1.29 is 0 Å². The van der Waals surface area contributed by atoms with Crippen molar-refractivity contribution >= 4 is 0 Å². The van der Waals surface area contributed by atoms with Crippen molar-refractivity contribution in [3.63, 3.8) is 0 Å². The van der Waals surface area contributed by atoms with E-state index in [2.05, 4.69) is 0 Å². The number of hydrogen-bond acceptors (Lipinski definition) is 0. The van der Waals surface area contributed by atoms with Gasteiger partial charge < -0.3 is 0 Å². The van der Waals surface area contributed by atoms with Crippen LogP contribution in [0.5, 0.6) is 0 Å². The van der Waals surface area contributed by atoms with E-state index in [1.54, 1.807) is 44.9 Å². The predicted molar refractivity (Wildman–Crippen MR) is 88.0 cm³/mol. The minimum Gasteiger partial charge on any atom is -0.0710 e. The second-order valence-electron chi connectivity index (χ2n) is 9.24. The van der Waals surface area contributed by atoms with E-state index in [9.17, 15) is 0 Å². The van der Waals surface area contributed by atoms with E-state index in [1.165, 1.54) is 50.4 Å². The summed E-state index contributed by atoms with van der Waals surface area (Å²) in [5.74, 6) is 6.88. The van der Waals surface area contributed by atoms with Gasteiger partial charge in [0.15, 0.2) is 0 Å². The SMILES string of the molecule is C1CC(=C2CC(C3CCC(C4CC(C5CCC5)C4)C3)C2)C1. The molecule has 0 aromatic heterocycles. The molecule has 0 radical (unpaired) electrons. The quantitative estimate of drug-likeness (QED) is 0.548. The molecule has 5 fully saturated rings. The molecule has 0 spiro atoms. The fourth-order valence-electron chi connectivity index (χ4n) is 6.20. The van der Waals surface area contributed by atoms with Crippen LogP contribution in [0.25, 0.3) is 0 Å². The van der Waals surface area contributed by atoms with Crippen molar-refractivity contribution in [3.8, 4) is 0 Å². The van der Waals surface area contributed by atoms with Gasteiger partial charge in [0.2, 0.25) is 0 Å². The fraction of sp³-hybridized carbons (Fsp3) is 0.905. The summed E-state index contributed by atoms with van der Waals surface area (Å²) in [7, 11) is 0. The summed E-state index contributed by atoms with van der Waals surface area (Å²) >= 11 is 0. The van der Waals surface area contributed by atoms with Gasteiger partial charge in [-0.1, -0.05) is 30.4 Å². The number of rotatable bonds is 3. The van der Waals surface area contributed by atoms with Gasteiger partial charge in [-0.2, -0.15) is 0 Å². The monoisotopic (exact) mass is 284 g/mol. The summed E-state index contributed by atoms with van der Waals surface area (Å²) in [5, 5.41) is 0. The third kappa shape index (κ3) is 2.23. The zero-order valence-electron chi connectivity index (χ0n) is 13.7.